The molecule has 3 nitrogen and oxygen atoms in total. The van der Waals surface area contributed by atoms with Crippen molar-refractivity contribution < 1.29 is 22.9 Å². The molecule has 1 aliphatic rings. The molecule has 0 saturated carbocycles. The fourth-order valence-electron chi connectivity index (χ4n) is 2.49. The molecule has 1 aliphatic heterocycles. The molecule has 2 N–H and O–H groups in total. The molecule has 6 heteroatoms. The first-order chi connectivity index (χ1) is 9.47. The number of carbonyl (C=O) groups is 1. The molecule has 2 rings (SSSR count). The topological polar surface area (TPSA) is 33.5 Å². The minimum Gasteiger partial charge on any atom is -0.327 e. The van der Waals surface area contributed by atoms with E-state index in [1.54, 1.807) is 0 Å². The molecule has 110 valence electrons. The monoisotopic (exact) mass is 287 g/mol. The van der Waals surface area contributed by atoms with E-state index in [1.165, 1.54) is 24.6 Å². The normalized spacial score (nSPS) is 16.9. The number of benzene rings is 1. The van der Waals surface area contributed by atoms with Crippen molar-refractivity contribution in [3.8, 4) is 0 Å². The van der Waals surface area contributed by atoms with Gasteiger partial charge in [0.1, 0.15) is 0 Å². The fourth-order valence-corrected chi connectivity index (χ4v) is 2.49. The molecule has 0 unspecified atom stereocenters. The Hall–Kier alpha value is -1.56. The van der Waals surface area contributed by atoms with Crippen LogP contribution in [0.1, 0.15) is 24.8 Å². The second kappa shape index (κ2) is 6.26. The van der Waals surface area contributed by atoms with Gasteiger partial charge in [-0.3, -0.25) is 4.79 Å². The highest BCUT2D eigenvalue weighted by Gasteiger charge is 2.33. The van der Waals surface area contributed by atoms with Crippen molar-refractivity contribution in [1.29, 1.82) is 0 Å². The van der Waals surface area contributed by atoms with E-state index < -0.39 is 11.7 Å². The Balaban J connectivity index is 2.00. The minimum absolute atomic E-state index is 0.165. The van der Waals surface area contributed by atoms with Gasteiger partial charge >= 0.3 is 6.18 Å². The van der Waals surface area contributed by atoms with Crippen molar-refractivity contribution in [3.05, 3.63) is 29.8 Å². The van der Waals surface area contributed by atoms with Crippen molar-refractivity contribution in [2.45, 2.75) is 25.4 Å². The third-order valence-corrected chi connectivity index (χ3v) is 3.48. The number of alkyl halides is 3. The van der Waals surface area contributed by atoms with Crippen molar-refractivity contribution >= 4 is 11.6 Å². The lowest BCUT2D eigenvalue weighted by atomic mass is 10.1. The summed E-state index contributed by atoms with van der Waals surface area (Å²) in [5.74, 6) is -0.362. The number of carbonyl (C=O) groups excluding carboxylic acids is 1. The van der Waals surface area contributed by atoms with Crippen LogP contribution in [-0.2, 0) is 11.0 Å². The predicted molar refractivity (Wildman–Crippen MR) is 69.5 cm³/mol. The van der Waals surface area contributed by atoms with Crippen LogP contribution in [0.4, 0.5) is 18.9 Å². The molecule has 0 radical (unpaired) electrons. The first kappa shape index (κ1) is 14.8. The molecule has 0 spiro atoms. The SMILES string of the molecule is O=C(C[NH+]1CCCCC1)Nc1ccccc1C(F)(F)F. The molecule has 1 aromatic rings. The number of piperidine rings is 1. The Morgan fingerprint density at radius 2 is 1.80 bits per heavy atom. The van der Waals surface area contributed by atoms with Gasteiger partial charge in [-0.15, -0.1) is 0 Å². The van der Waals surface area contributed by atoms with E-state index in [0.29, 0.717) is 0 Å². The molecule has 0 aromatic heterocycles. The molecule has 1 heterocycles. The van der Waals surface area contributed by atoms with E-state index in [9.17, 15) is 18.0 Å². The van der Waals surface area contributed by atoms with Gasteiger partial charge in [0.25, 0.3) is 5.91 Å². The smallest absolute Gasteiger partial charge is 0.327 e. The van der Waals surface area contributed by atoms with Gasteiger partial charge < -0.3 is 10.2 Å². The molecular formula is C14H18F3N2O+. The summed E-state index contributed by atoms with van der Waals surface area (Å²) in [5, 5.41) is 2.38. The largest absolute Gasteiger partial charge is 0.418 e. The van der Waals surface area contributed by atoms with Gasteiger partial charge in [0, 0.05) is 0 Å². The number of likely N-dealkylation sites (tertiary alicyclic amines) is 1. The van der Waals surface area contributed by atoms with Gasteiger partial charge in [-0.05, 0) is 31.4 Å². The zero-order valence-corrected chi connectivity index (χ0v) is 11.1. The standard InChI is InChI=1S/C14H17F3N2O/c15-14(16,17)11-6-2-3-7-12(11)18-13(20)10-19-8-4-1-5-9-19/h2-3,6-7H,1,4-5,8-10H2,(H,18,20)/p+1. The van der Waals surface area contributed by atoms with Crippen molar-refractivity contribution in [1.82, 2.24) is 0 Å². The first-order valence-electron chi connectivity index (χ1n) is 6.76. The maximum Gasteiger partial charge on any atom is 0.418 e. The molecule has 20 heavy (non-hydrogen) atoms. The number of hydrogen-bond donors (Lipinski definition) is 2. The maximum atomic E-state index is 12.8. The van der Waals surface area contributed by atoms with Crippen LogP contribution in [0.15, 0.2) is 24.3 Å². The lowest BCUT2D eigenvalue weighted by molar-refractivity contribution is -0.896. The number of halogens is 3. The lowest BCUT2D eigenvalue weighted by Crippen LogP contribution is -3.13. The Bertz CT molecular complexity index is 468. The predicted octanol–water partition coefficient (Wildman–Crippen LogP) is 1.71. The van der Waals surface area contributed by atoms with E-state index >= 15 is 0 Å². The minimum atomic E-state index is -4.46. The first-order valence-corrected chi connectivity index (χ1v) is 6.76. The summed E-state index contributed by atoms with van der Waals surface area (Å²) in [7, 11) is 0. The molecule has 0 bridgehead atoms. The second-order valence-corrected chi connectivity index (χ2v) is 5.08. The lowest BCUT2D eigenvalue weighted by Gasteiger charge is -2.23. The highest BCUT2D eigenvalue weighted by atomic mass is 19.4. The summed E-state index contributed by atoms with van der Waals surface area (Å²) in [6, 6.07) is 5.06. The van der Waals surface area contributed by atoms with Gasteiger partial charge in [0.05, 0.1) is 24.3 Å². The molecule has 1 amide bonds. The summed E-state index contributed by atoms with van der Waals surface area (Å²) in [6.07, 6.45) is -1.15. The average Bonchev–Trinajstić information content (AvgIpc) is 2.39. The van der Waals surface area contributed by atoms with E-state index in [1.807, 2.05) is 0 Å². The Kier molecular flexibility index (Phi) is 4.65. The third-order valence-electron chi connectivity index (χ3n) is 3.48. The number of anilines is 1. The zero-order valence-electron chi connectivity index (χ0n) is 11.1. The van der Waals surface area contributed by atoms with Crippen LogP contribution < -0.4 is 10.2 Å². The Labute approximate surface area is 115 Å². The third kappa shape index (κ3) is 3.96. The van der Waals surface area contributed by atoms with Crippen molar-refractivity contribution in [2.24, 2.45) is 0 Å². The average molecular weight is 287 g/mol. The summed E-state index contributed by atoms with van der Waals surface area (Å²) >= 11 is 0. The highest BCUT2D eigenvalue weighted by Crippen LogP contribution is 2.34. The fraction of sp³-hybridized carbons (Fsp3) is 0.500. The summed E-state index contributed by atoms with van der Waals surface area (Å²) in [5.41, 5.74) is -0.969. The van der Waals surface area contributed by atoms with Gasteiger partial charge in [0.15, 0.2) is 6.54 Å². The van der Waals surface area contributed by atoms with Crippen molar-refractivity contribution in [3.63, 3.8) is 0 Å². The highest BCUT2D eigenvalue weighted by molar-refractivity contribution is 5.92. The van der Waals surface area contributed by atoms with E-state index in [0.717, 1.165) is 36.9 Å². The summed E-state index contributed by atoms with van der Waals surface area (Å²) in [6.45, 7) is 2.05. The van der Waals surface area contributed by atoms with Gasteiger partial charge in [-0.2, -0.15) is 13.2 Å². The number of nitrogens with one attached hydrogen (secondary N) is 2. The molecule has 0 atom stereocenters. The van der Waals surface area contributed by atoms with E-state index in [4.69, 9.17) is 0 Å². The maximum absolute atomic E-state index is 12.8. The van der Waals surface area contributed by atoms with Gasteiger partial charge in [0.2, 0.25) is 0 Å². The molecule has 1 saturated heterocycles. The second-order valence-electron chi connectivity index (χ2n) is 5.08. The summed E-state index contributed by atoms with van der Waals surface area (Å²) < 4.78 is 38.4. The zero-order chi connectivity index (χ0) is 14.6. The summed E-state index contributed by atoms with van der Waals surface area (Å²) in [4.78, 5) is 13.0. The van der Waals surface area contributed by atoms with Crippen LogP contribution in [0.3, 0.4) is 0 Å². The Morgan fingerprint density at radius 3 is 2.45 bits per heavy atom. The molecule has 1 fully saturated rings. The number of para-hydroxylation sites is 1. The molecule has 0 aliphatic carbocycles. The van der Waals surface area contributed by atoms with E-state index in [2.05, 4.69) is 5.32 Å². The van der Waals surface area contributed by atoms with Gasteiger partial charge in [-0.1, -0.05) is 12.1 Å². The van der Waals surface area contributed by atoms with Crippen LogP contribution in [0, 0.1) is 0 Å². The van der Waals surface area contributed by atoms with Crippen LogP contribution >= 0.6 is 0 Å². The number of hydrogen-bond acceptors (Lipinski definition) is 1. The molecular weight excluding hydrogens is 269 g/mol. The quantitative estimate of drug-likeness (QED) is 0.872. The van der Waals surface area contributed by atoms with Crippen LogP contribution in [0.5, 0.6) is 0 Å². The van der Waals surface area contributed by atoms with Crippen LogP contribution in [0.25, 0.3) is 0 Å². The van der Waals surface area contributed by atoms with Crippen molar-refractivity contribution in [2.75, 3.05) is 25.0 Å². The molecule has 1 aromatic carbocycles. The van der Waals surface area contributed by atoms with Gasteiger partial charge in [-0.25, -0.2) is 0 Å². The number of amides is 1. The van der Waals surface area contributed by atoms with Crippen LogP contribution in [-0.4, -0.2) is 25.5 Å². The van der Waals surface area contributed by atoms with E-state index in [-0.39, 0.29) is 18.1 Å². The Morgan fingerprint density at radius 1 is 1.15 bits per heavy atom. The number of quaternary nitrogens is 1. The number of rotatable bonds is 3. The van der Waals surface area contributed by atoms with Crippen LogP contribution in [0.2, 0.25) is 0 Å².